The van der Waals surface area contributed by atoms with E-state index >= 15 is 0 Å². The molecule has 1 aromatic carbocycles. The number of hydrogen-bond donors (Lipinski definition) is 2. The van der Waals surface area contributed by atoms with E-state index in [2.05, 4.69) is 5.32 Å². The van der Waals surface area contributed by atoms with Crippen LogP contribution in [-0.4, -0.2) is 42.2 Å². The zero-order valence-electron chi connectivity index (χ0n) is 15.0. The van der Waals surface area contributed by atoms with Crippen molar-refractivity contribution < 1.29 is 33.5 Å². The molecule has 0 fully saturated rings. The van der Waals surface area contributed by atoms with Gasteiger partial charge in [-0.25, -0.2) is 4.79 Å². The number of carbonyl (C=O) groups is 3. The molecule has 1 amide bonds. The van der Waals surface area contributed by atoms with Gasteiger partial charge in [0.15, 0.2) is 0 Å². The first-order chi connectivity index (χ1) is 12.3. The maximum Gasteiger partial charge on any atom is 0.547 e. The van der Waals surface area contributed by atoms with E-state index in [1.54, 1.807) is 12.1 Å². The van der Waals surface area contributed by atoms with E-state index in [0.717, 1.165) is 0 Å². The summed E-state index contributed by atoms with van der Waals surface area (Å²) in [6.07, 6.45) is 0.316. The van der Waals surface area contributed by atoms with E-state index in [-0.39, 0.29) is 17.2 Å². The Labute approximate surface area is 152 Å². The van der Waals surface area contributed by atoms with Crippen molar-refractivity contribution in [3.8, 4) is 5.75 Å². The Morgan fingerprint density at radius 1 is 1.38 bits per heavy atom. The number of nitrogens with one attached hydrogen (secondary N) is 1. The summed E-state index contributed by atoms with van der Waals surface area (Å²) >= 11 is 0. The maximum atomic E-state index is 12.3. The van der Waals surface area contributed by atoms with Crippen LogP contribution in [0.4, 0.5) is 0 Å². The van der Waals surface area contributed by atoms with E-state index in [1.807, 2.05) is 6.92 Å². The molecular formula is C17H22BNO7. The lowest BCUT2D eigenvalue weighted by molar-refractivity contribution is -0.162. The van der Waals surface area contributed by atoms with Gasteiger partial charge in [0.05, 0.1) is 5.94 Å². The lowest BCUT2D eigenvalue weighted by Crippen LogP contribution is -2.53. The highest BCUT2D eigenvalue weighted by Crippen LogP contribution is 2.31. The smallest absolute Gasteiger partial charge is 0.534 e. The SMILES string of the molecule is CCCC(=O)N[C@H]1Cc2cccc(C(=O)OC(C)OC(C)=O)c2OB1O. The molecule has 1 unspecified atom stereocenters. The fraction of sp³-hybridized carbons (Fsp3) is 0.471. The van der Waals surface area contributed by atoms with Gasteiger partial charge in [0.25, 0.3) is 0 Å². The van der Waals surface area contributed by atoms with Gasteiger partial charge in [-0.1, -0.05) is 19.1 Å². The summed E-state index contributed by atoms with van der Waals surface area (Å²) < 4.78 is 15.3. The lowest BCUT2D eigenvalue weighted by atomic mass is 9.72. The van der Waals surface area contributed by atoms with Crippen LogP contribution in [0, 0.1) is 0 Å². The monoisotopic (exact) mass is 363 g/mol. The summed E-state index contributed by atoms with van der Waals surface area (Å²) in [5, 5.41) is 12.9. The van der Waals surface area contributed by atoms with Crippen LogP contribution < -0.4 is 9.97 Å². The number of hydrogen-bond acceptors (Lipinski definition) is 7. The normalized spacial score (nSPS) is 16.8. The second kappa shape index (κ2) is 8.71. The van der Waals surface area contributed by atoms with E-state index < -0.39 is 31.3 Å². The fourth-order valence-corrected chi connectivity index (χ4v) is 2.69. The average Bonchev–Trinajstić information content (AvgIpc) is 2.54. The topological polar surface area (TPSA) is 111 Å². The molecule has 2 N–H and O–H groups in total. The third-order valence-corrected chi connectivity index (χ3v) is 3.77. The molecule has 1 aliphatic rings. The number of para-hydroxylation sites is 1. The molecule has 0 bridgehead atoms. The van der Waals surface area contributed by atoms with Gasteiger partial charge >= 0.3 is 19.1 Å². The Kier molecular flexibility index (Phi) is 6.62. The molecule has 140 valence electrons. The Bertz CT molecular complexity index is 694. The largest absolute Gasteiger partial charge is 0.547 e. The van der Waals surface area contributed by atoms with Crippen LogP contribution in [0.3, 0.4) is 0 Å². The van der Waals surface area contributed by atoms with Crippen molar-refractivity contribution >= 4 is 25.0 Å². The second-order valence-electron chi connectivity index (χ2n) is 6.01. The van der Waals surface area contributed by atoms with Gasteiger partial charge in [0, 0.05) is 20.3 Å². The zero-order chi connectivity index (χ0) is 19.3. The predicted molar refractivity (Wildman–Crippen MR) is 92.2 cm³/mol. The van der Waals surface area contributed by atoms with Crippen molar-refractivity contribution in [1.82, 2.24) is 5.32 Å². The molecule has 9 heteroatoms. The summed E-state index contributed by atoms with van der Waals surface area (Å²) in [4.78, 5) is 35.0. The molecule has 2 rings (SSSR count). The van der Waals surface area contributed by atoms with Gasteiger partial charge in [-0.3, -0.25) is 9.59 Å². The minimum Gasteiger partial charge on any atom is -0.534 e. The Balaban J connectivity index is 2.14. The molecule has 26 heavy (non-hydrogen) atoms. The molecule has 1 heterocycles. The van der Waals surface area contributed by atoms with Crippen LogP contribution in [-0.2, 0) is 25.5 Å². The molecule has 1 aliphatic heterocycles. The predicted octanol–water partition coefficient (Wildman–Crippen LogP) is 0.992. The second-order valence-corrected chi connectivity index (χ2v) is 6.01. The minimum absolute atomic E-state index is 0.110. The van der Waals surface area contributed by atoms with Crippen LogP contribution in [0.2, 0.25) is 0 Å². The third-order valence-electron chi connectivity index (χ3n) is 3.77. The molecule has 0 radical (unpaired) electrons. The summed E-state index contributed by atoms with van der Waals surface area (Å²) in [6.45, 7) is 4.52. The molecule has 0 aliphatic carbocycles. The number of benzene rings is 1. The van der Waals surface area contributed by atoms with Crippen molar-refractivity contribution in [3.63, 3.8) is 0 Å². The molecule has 1 aromatic rings. The number of amides is 1. The number of carbonyl (C=O) groups excluding carboxylic acids is 3. The van der Waals surface area contributed by atoms with Gasteiger partial charge < -0.3 is 24.5 Å². The molecule has 0 spiro atoms. The highest BCUT2D eigenvalue weighted by atomic mass is 16.7. The van der Waals surface area contributed by atoms with Crippen LogP contribution in [0.1, 0.15) is 49.5 Å². The van der Waals surface area contributed by atoms with Crippen LogP contribution in [0.15, 0.2) is 18.2 Å². The first-order valence-electron chi connectivity index (χ1n) is 8.46. The highest BCUT2D eigenvalue weighted by molar-refractivity contribution is 6.47. The minimum atomic E-state index is -1.29. The average molecular weight is 363 g/mol. The summed E-state index contributed by atoms with van der Waals surface area (Å²) in [7, 11) is -1.29. The van der Waals surface area contributed by atoms with Crippen LogP contribution >= 0.6 is 0 Å². The number of ether oxygens (including phenoxy) is 2. The molecule has 2 atom stereocenters. The quantitative estimate of drug-likeness (QED) is 0.440. The summed E-state index contributed by atoms with van der Waals surface area (Å²) in [6, 6.07) is 4.88. The van der Waals surface area contributed by atoms with Gasteiger partial charge in [-0.05, 0) is 24.5 Å². The van der Waals surface area contributed by atoms with Gasteiger partial charge in [-0.15, -0.1) is 0 Å². The standard InChI is InChI=1S/C17H22BNO7/c1-4-6-15(21)19-14-9-12-7-5-8-13(16(12)26-18(14)23)17(22)25-11(3)24-10(2)20/h5,7-8,11,14,23H,4,6,9H2,1-3H3,(H,19,21)/t11?,14-/m0/s1. The Morgan fingerprint density at radius 3 is 2.77 bits per heavy atom. The van der Waals surface area contributed by atoms with E-state index in [1.165, 1.54) is 19.9 Å². The van der Waals surface area contributed by atoms with Gasteiger partial charge in [0.2, 0.25) is 12.2 Å². The Hall–Kier alpha value is -2.55. The van der Waals surface area contributed by atoms with Crippen molar-refractivity contribution in [2.24, 2.45) is 0 Å². The van der Waals surface area contributed by atoms with Crippen LogP contribution in [0.25, 0.3) is 0 Å². The first kappa shape index (κ1) is 19.8. The molecule has 0 saturated heterocycles. The highest BCUT2D eigenvalue weighted by Gasteiger charge is 2.37. The Morgan fingerprint density at radius 2 is 2.12 bits per heavy atom. The van der Waals surface area contributed by atoms with E-state index in [0.29, 0.717) is 24.8 Å². The number of esters is 2. The maximum absolute atomic E-state index is 12.3. The van der Waals surface area contributed by atoms with Crippen molar-refractivity contribution in [1.29, 1.82) is 0 Å². The summed E-state index contributed by atoms with van der Waals surface area (Å²) in [5.74, 6) is -1.89. The molecular weight excluding hydrogens is 341 g/mol. The summed E-state index contributed by atoms with van der Waals surface area (Å²) in [5.41, 5.74) is 0.769. The lowest BCUT2D eigenvalue weighted by Gasteiger charge is -2.29. The van der Waals surface area contributed by atoms with Crippen molar-refractivity contribution in [2.75, 3.05) is 0 Å². The molecule has 8 nitrogen and oxygen atoms in total. The molecule has 0 aromatic heterocycles. The fourth-order valence-electron chi connectivity index (χ4n) is 2.69. The number of fused-ring (bicyclic) bond motifs is 1. The molecule has 0 saturated carbocycles. The van der Waals surface area contributed by atoms with E-state index in [9.17, 15) is 19.4 Å². The van der Waals surface area contributed by atoms with Gasteiger partial charge in [-0.2, -0.15) is 0 Å². The van der Waals surface area contributed by atoms with Gasteiger partial charge in [0.1, 0.15) is 11.3 Å². The number of rotatable bonds is 6. The van der Waals surface area contributed by atoms with Crippen LogP contribution in [0.5, 0.6) is 5.75 Å². The van der Waals surface area contributed by atoms with Crippen molar-refractivity contribution in [3.05, 3.63) is 29.3 Å². The first-order valence-corrected chi connectivity index (χ1v) is 8.46. The van der Waals surface area contributed by atoms with Crippen molar-refractivity contribution in [2.45, 2.75) is 52.3 Å². The van der Waals surface area contributed by atoms with E-state index in [4.69, 9.17) is 14.1 Å². The zero-order valence-corrected chi connectivity index (χ0v) is 15.0. The third kappa shape index (κ3) is 4.98.